The molecule has 2 N–H and O–H groups in total. The summed E-state index contributed by atoms with van der Waals surface area (Å²) >= 11 is 0. The molecule has 0 atom stereocenters. The second kappa shape index (κ2) is 11.2. The fraction of sp³-hybridized carbons (Fsp3) is 0.179. The van der Waals surface area contributed by atoms with E-state index in [1.807, 2.05) is 86.8 Å². The molecule has 4 aromatic rings. The summed E-state index contributed by atoms with van der Waals surface area (Å²) in [6, 6.07) is 23.7. The van der Waals surface area contributed by atoms with Crippen LogP contribution < -0.4 is 15.4 Å². The highest BCUT2D eigenvalue weighted by Gasteiger charge is 2.16. The van der Waals surface area contributed by atoms with Crippen LogP contribution in [0, 0.1) is 0 Å². The number of rotatable bonds is 9. The van der Waals surface area contributed by atoms with Gasteiger partial charge in [0.05, 0.1) is 35.9 Å². The lowest BCUT2D eigenvalue weighted by atomic mass is 10.1. The van der Waals surface area contributed by atoms with Crippen molar-refractivity contribution in [1.29, 1.82) is 0 Å². The Labute approximate surface area is 205 Å². The number of hydrogen-bond donors (Lipinski definition) is 2. The maximum atomic E-state index is 12.9. The molecule has 0 spiro atoms. The number of nitrogens with zero attached hydrogens (tertiary/aromatic N) is 3. The van der Waals surface area contributed by atoms with Gasteiger partial charge in [0.15, 0.2) is 0 Å². The molecular weight excluding hydrogens is 438 g/mol. The summed E-state index contributed by atoms with van der Waals surface area (Å²) in [4.78, 5) is 17.3. The maximum Gasteiger partial charge on any atom is 0.255 e. The second-order valence-corrected chi connectivity index (χ2v) is 8.07. The minimum atomic E-state index is -0.133. The summed E-state index contributed by atoms with van der Waals surface area (Å²) < 4.78 is 7.06. The average molecular weight is 468 g/mol. The number of methoxy groups -OCH3 is 1. The molecule has 0 aliphatic heterocycles. The number of ether oxygens (including phenoxy) is 1. The van der Waals surface area contributed by atoms with Crippen molar-refractivity contribution in [2.45, 2.75) is 19.9 Å². The van der Waals surface area contributed by atoms with E-state index in [1.54, 1.807) is 24.2 Å². The fourth-order valence-electron chi connectivity index (χ4n) is 3.78. The molecule has 0 radical (unpaired) electrons. The number of aryl methyl sites for hydroxylation is 1. The normalized spacial score (nSPS) is 10.9. The molecule has 178 valence electrons. The highest BCUT2D eigenvalue weighted by Crippen LogP contribution is 2.32. The van der Waals surface area contributed by atoms with Gasteiger partial charge >= 0.3 is 0 Å². The number of aliphatic imine (C=N–C) groups is 1. The van der Waals surface area contributed by atoms with Crippen LogP contribution in [-0.4, -0.2) is 29.0 Å². The van der Waals surface area contributed by atoms with E-state index in [0.717, 1.165) is 39.6 Å². The minimum absolute atomic E-state index is 0.133. The van der Waals surface area contributed by atoms with Crippen molar-refractivity contribution in [3.63, 3.8) is 0 Å². The van der Waals surface area contributed by atoms with Gasteiger partial charge in [-0.25, -0.2) is 0 Å². The minimum Gasteiger partial charge on any atom is -0.497 e. The number of amides is 1. The van der Waals surface area contributed by atoms with Crippen LogP contribution in [0.4, 0.5) is 17.1 Å². The molecule has 7 nitrogen and oxygen atoms in total. The highest BCUT2D eigenvalue weighted by atomic mass is 16.5. The van der Waals surface area contributed by atoms with Crippen LogP contribution in [-0.2, 0) is 20.0 Å². The van der Waals surface area contributed by atoms with E-state index in [-0.39, 0.29) is 5.91 Å². The van der Waals surface area contributed by atoms with Gasteiger partial charge in [-0.1, -0.05) is 42.5 Å². The van der Waals surface area contributed by atoms with Crippen LogP contribution in [0.3, 0.4) is 0 Å². The summed E-state index contributed by atoms with van der Waals surface area (Å²) in [5.41, 5.74) is 6.22. The van der Waals surface area contributed by atoms with Gasteiger partial charge in [-0.15, -0.1) is 0 Å². The van der Waals surface area contributed by atoms with E-state index in [9.17, 15) is 4.79 Å². The molecule has 1 heterocycles. The van der Waals surface area contributed by atoms with Gasteiger partial charge in [-0.05, 0) is 42.3 Å². The third kappa shape index (κ3) is 5.95. The van der Waals surface area contributed by atoms with Gasteiger partial charge in [0.25, 0.3) is 5.91 Å². The second-order valence-electron chi connectivity index (χ2n) is 8.07. The largest absolute Gasteiger partial charge is 0.497 e. The molecule has 0 aliphatic carbocycles. The summed E-state index contributed by atoms with van der Waals surface area (Å²) in [6.07, 6.45) is 4.03. The molecule has 0 unspecified atom stereocenters. The van der Waals surface area contributed by atoms with Crippen molar-refractivity contribution in [3.05, 3.63) is 101 Å². The number of carbonyl (C=O) groups is 1. The average Bonchev–Trinajstić information content (AvgIpc) is 3.25. The SMILES string of the molecule is C/C=N\c1cc(OC)ccc1Nc1ccc(CNC(=O)c2cnn(C)c2Cc2ccccc2)cc1. The Bertz CT molecular complexity index is 1310. The van der Waals surface area contributed by atoms with Crippen molar-refractivity contribution in [1.82, 2.24) is 15.1 Å². The van der Waals surface area contributed by atoms with E-state index >= 15 is 0 Å². The zero-order chi connectivity index (χ0) is 24.6. The number of carbonyl (C=O) groups excluding carboxylic acids is 1. The van der Waals surface area contributed by atoms with Crippen LogP contribution in [0.5, 0.6) is 5.75 Å². The number of hydrogen-bond acceptors (Lipinski definition) is 5. The predicted octanol–water partition coefficient (Wildman–Crippen LogP) is 5.42. The van der Waals surface area contributed by atoms with E-state index in [0.29, 0.717) is 18.5 Å². The van der Waals surface area contributed by atoms with Crippen LogP contribution in [0.1, 0.15) is 34.1 Å². The number of aromatic nitrogens is 2. The molecule has 0 fully saturated rings. The first-order valence-corrected chi connectivity index (χ1v) is 11.4. The lowest BCUT2D eigenvalue weighted by Gasteiger charge is -2.12. The molecule has 3 aromatic carbocycles. The standard InChI is InChI=1S/C28H29N5O2/c1-4-29-26-17-23(35-3)14-15-25(26)32-22-12-10-21(11-13-22)18-30-28(34)24-19-31-33(2)27(24)16-20-8-6-5-7-9-20/h4-15,17,19,32H,16,18H2,1-3H3,(H,30,34)/b29-4-. The Hall–Kier alpha value is -4.39. The number of nitrogens with one attached hydrogen (secondary N) is 2. The smallest absolute Gasteiger partial charge is 0.255 e. The summed E-state index contributed by atoms with van der Waals surface area (Å²) in [6.45, 7) is 2.30. The maximum absolute atomic E-state index is 12.9. The van der Waals surface area contributed by atoms with Gasteiger partial charge in [0.1, 0.15) is 5.75 Å². The zero-order valence-corrected chi connectivity index (χ0v) is 20.2. The van der Waals surface area contributed by atoms with Crippen LogP contribution in [0.2, 0.25) is 0 Å². The third-order valence-corrected chi connectivity index (χ3v) is 5.68. The van der Waals surface area contributed by atoms with Crippen LogP contribution >= 0.6 is 0 Å². The van der Waals surface area contributed by atoms with Crippen molar-refractivity contribution in [2.75, 3.05) is 12.4 Å². The van der Waals surface area contributed by atoms with Gasteiger partial charge in [0.2, 0.25) is 0 Å². The molecule has 7 heteroatoms. The van der Waals surface area contributed by atoms with Crippen molar-refractivity contribution in [2.24, 2.45) is 12.0 Å². The van der Waals surface area contributed by atoms with Gasteiger partial charge in [-0.3, -0.25) is 14.5 Å². The summed E-state index contributed by atoms with van der Waals surface area (Å²) in [5.74, 6) is 0.620. The Morgan fingerprint density at radius 3 is 2.54 bits per heavy atom. The van der Waals surface area contributed by atoms with Crippen molar-refractivity contribution >= 4 is 29.2 Å². The molecule has 0 bridgehead atoms. The van der Waals surface area contributed by atoms with E-state index in [1.165, 1.54) is 0 Å². The summed E-state index contributed by atoms with van der Waals surface area (Å²) in [7, 11) is 3.50. The number of anilines is 2. The van der Waals surface area contributed by atoms with Crippen molar-refractivity contribution in [3.8, 4) is 5.75 Å². The molecule has 1 aromatic heterocycles. The molecule has 4 rings (SSSR count). The first-order valence-electron chi connectivity index (χ1n) is 11.4. The number of benzene rings is 3. The Morgan fingerprint density at radius 2 is 1.83 bits per heavy atom. The van der Waals surface area contributed by atoms with Crippen LogP contribution in [0.25, 0.3) is 0 Å². The Morgan fingerprint density at radius 1 is 1.06 bits per heavy atom. The molecule has 0 saturated carbocycles. The Kier molecular flexibility index (Phi) is 7.57. The van der Waals surface area contributed by atoms with Gasteiger partial charge in [-0.2, -0.15) is 5.10 Å². The van der Waals surface area contributed by atoms with E-state index < -0.39 is 0 Å². The first kappa shape index (κ1) is 23.8. The molecule has 0 aliphatic rings. The van der Waals surface area contributed by atoms with Crippen molar-refractivity contribution < 1.29 is 9.53 Å². The fourth-order valence-corrected chi connectivity index (χ4v) is 3.78. The van der Waals surface area contributed by atoms with Crippen LogP contribution in [0.15, 0.2) is 84.0 Å². The van der Waals surface area contributed by atoms with E-state index in [4.69, 9.17) is 4.74 Å². The van der Waals surface area contributed by atoms with E-state index in [2.05, 4.69) is 20.7 Å². The molecule has 0 saturated heterocycles. The highest BCUT2D eigenvalue weighted by molar-refractivity contribution is 5.95. The lowest BCUT2D eigenvalue weighted by molar-refractivity contribution is 0.0950. The first-order chi connectivity index (χ1) is 17.1. The lowest BCUT2D eigenvalue weighted by Crippen LogP contribution is -2.24. The molecule has 1 amide bonds. The quantitative estimate of drug-likeness (QED) is 0.322. The molecule has 35 heavy (non-hydrogen) atoms. The zero-order valence-electron chi connectivity index (χ0n) is 20.2. The molecular formula is C28H29N5O2. The monoisotopic (exact) mass is 467 g/mol. The predicted molar refractivity (Wildman–Crippen MR) is 140 cm³/mol. The van der Waals surface area contributed by atoms with Gasteiger partial charge < -0.3 is 15.4 Å². The van der Waals surface area contributed by atoms with Gasteiger partial charge in [0, 0.05) is 38.0 Å². The third-order valence-electron chi connectivity index (χ3n) is 5.68. The summed E-state index contributed by atoms with van der Waals surface area (Å²) in [5, 5.41) is 10.7. The Balaban J connectivity index is 1.39. The topological polar surface area (TPSA) is 80.5 Å².